The van der Waals surface area contributed by atoms with Crippen molar-refractivity contribution in [1.82, 2.24) is 4.72 Å². The monoisotopic (exact) mass is 207 g/mol. The van der Waals surface area contributed by atoms with Crippen LogP contribution < -0.4 is 4.72 Å². The molecule has 0 saturated heterocycles. The van der Waals surface area contributed by atoms with Crippen molar-refractivity contribution in [3.05, 3.63) is 0 Å². The fourth-order valence-electron chi connectivity index (χ4n) is 1.40. The molecule has 0 spiro atoms. The number of aliphatic hydroxyl groups is 1. The molecule has 13 heavy (non-hydrogen) atoms. The normalized spacial score (nSPS) is 32.6. The molecule has 1 aliphatic rings. The van der Waals surface area contributed by atoms with Crippen molar-refractivity contribution in [2.24, 2.45) is 5.41 Å². The molecule has 2 N–H and O–H groups in total. The molecule has 5 heteroatoms. The maximum Gasteiger partial charge on any atom is 0.211 e. The molecule has 1 saturated carbocycles. The van der Waals surface area contributed by atoms with Crippen molar-refractivity contribution < 1.29 is 13.5 Å². The van der Waals surface area contributed by atoms with E-state index >= 15 is 0 Å². The predicted octanol–water partition coefficient (Wildman–Crippen LogP) is 0.0851. The number of hydrogen-bond acceptors (Lipinski definition) is 3. The lowest BCUT2D eigenvalue weighted by atomic mass is 9.65. The van der Waals surface area contributed by atoms with E-state index in [1.54, 1.807) is 6.92 Å². The molecule has 1 fully saturated rings. The number of sulfonamides is 1. The minimum absolute atomic E-state index is 0.0929. The first-order valence-corrected chi connectivity index (χ1v) is 6.13. The highest BCUT2D eigenvalue weighted by Gasteiger charge is 2.48. The molecule has 0 aliphatic heterocycles. The van der Waals surface area contributed by atoms with Gasteiger partial charge < -0.3 is 5.11 Å². The van der Waals surface area contributed by atoms with Crippen LogP contribution in [0.5, 0.6) is 0 Å². The summed E-state index contributed by atoms with van der Waals surface area (Å²) in [6, 6.07) is -0.118. The molecule has 4 nitrogen and oxygen atoms in total. The van der Waals surface area contributed by atoms with E-state index in [-0.39, 0.29) is 17.2 Å². The Morgan fingerprint density at radius 3 is 2.38 bits per heavy atom. The summed E-state index contributed by atoms with van der Waals surface area (Å²) in [5, 5.41) is 9.38. The van der Waals surface area contributed by atoms with Crippen LogP contribution in [0.25, 0.3) is 0 Å². The molecule has 1 rings (SSSR count). The summed E-state index contributed by atoms with van der Waals surface area (Å²) in [4.78, 5) is 0. The molecule has 0 aromatic carbocycles. The standard InChI is InChI=1S/C8H17NO3S/c1-4-13(11,12)9-6-5-7(10)8(6,2)3/h6-7,9-10H,4-5H2,1-3H3. The molecular weight excluding hydrogens is 190 g/mol. The smallest absolute Gasteiger partial charge is 0.211 e. The lowest BCUT2D eigenvalue weighted by Gasteiger charge is -2.49. The number of aliphatic hydroxyl groups excluding tert-OH is 1. The third-order valence-electron chi connectivity index (χ3n) is 2.92. The second kappa shape index (κ2) is 3.22. The van der Waals surface area contributed by atoms with Crippen molar-refractivity contribution in [3.8, 4) is 0 Å². The van der Waals surface area contributed by atoms with E-state index in [1.165, 1.54) is 0 Å². The van der Waals surface area contributed by atoms with Gasteiger partial charge in [-0.3, -0.25) is 0 Å². The van der Waals surface area contributed by atoms with Gasteiger partial charge in [-0.15, -0.1) is 0 Å². The molecule has 0 heterocycles. The van der Waals surface area contributed by atoms with E-state index in [4.69, 9.17) is 0 Å². The van der Waals surface area contributed by atoms with Crippen LogP contribution in [0, 0.1) is 5.41 Å². The first-order valence-electron chi connectivity index (χ1n) is 4.47. The third-order valence-corrected chi connectivity index (χ3v) is 4.32. The lowest BCUT2D eigenvalue weighted by Crippen LogP contribution is -2.61. The van der Waals surface area contributed by atoms with E-state index in [1.807, 2.05) is 13.8 Å². The van der Waals surface area contributed by atoms with Gasteiger partial charge in [0.05, 0.1) is 11.9 Å². The van der Waals surface area contributed by atoms with Gasteiger partial charge in [0, 0.05) is 11.5 Å². The van der Waals surface area contributed by atoms with E-state index in [2.05, 4.69) is 4.72 Å². The Hall–Kier alpha value is -0.130. The van der Waals surface area contributed by atoms with Gasteiger partial charge in [0.2, 0.25) is 10.0 Å². The van der Waals surface area contributed by atoms with Crippen molar-refractivity contribution >= 4 is 10.0 Å². The lowest BCUT2D eigenvalue weighted by molar-refractivity contribution is -0.0645. The fourth-order valence-corrected chi connectivity index (χ4v) is 2.40. The molecule has 0 aromatic heterocycles. The van der Waals surface area contributed by atoms with Crippen LogP contribution in [-0.4, -0.2) is 31.4 Å². The first kappa shape index (κ1) is 10.9. The van der Waals surface area contributed by atoms with Crippen LogP contribution in [0.1, 0.15) is 27.2 Å². The Bertz CT molecular complexity index is 284. The van der Waals surface area contributed by atoms with Gasteiger partial charge in [0.1, 0.15) is 0 Å². The van der Waals surface area contributed by atoms with Crippen LogP contribution in [0.2, 0.25) is 0 Å². The Morgan fingerprint density at radius 1 is 1.54 bits per heavy atom. The zero-order chi connectivity index (χ0) is 10.3. The average Bonchev–Trinajstić information content (AvgIpc) is 2.04. The summed E-state index contributed by atoms with van der Waals surface area (Å²) >= 11 is 0. The minimum Gasteiger partial charge on any atom is -0.392 e. The van der Waals surface area contributed by atoms with Crippen molar-refractivity contribution in [2.45, 2.75) is 39.3 Å². The van der Waals surface area contributed by atoms with Gasteiger partial charge in [0.25, 0.3) is 0 Å². The predicted molar refractivity (Wildman–Crippen MR) is 50.8 cm³/mol. The van der Waals surface area contributed by atoms with Gasteiger partial charge in [-0.1, -0.05) is 13.8 Å². The molecule has 0 radical (unpaired) electrons. The summed E-state index contributed by atoms with van der Waals surface area (Å²) in [6.45, 7) is 5.33. The maximum atomic E-state index is 11.2. The SMILES string of the molecule is CCS(=O)(=O)NC1CC(O)C1(C)C. The first-order chi connectivity index (χ1) is 5.79. The Balaban J connectivity index is 2.60. The molecule has 78 valence electrons. The highest BCUT2D eigenvalue weighted by Crippen LogP contribution is 2.40. The number of hydrogen-bond donors (Lipinski definition) is 2. The molecule has 0 amide bonds. The summed E-state index contributed by atoms with van der Waals surface area (Å²) in [7, 11) is -3.14. The molecule has 1 aliphatic carbocycles. The Labute approximate surface area is 79.4 Å². The van der Waals surface area contributed by atoms with Crippen molar-refractivity contribution in [1.29, 1.82) is 0 Å². The van der Waals surface area contributed by atoms with Gasteiger partial charge in [0.15, 0.2) is 0 Å². The molecular formula is C8H17NO3S. The van der Waals surface area contributed by atoms with Gasteiger partial charge in [-0.2, -0.15) is 0 Å². The second-order valence-electron chi connectivity index (χ2n) is 4.15. The van der Waals surface area contributed by atoms with Gasteiger partial charge in [-0.25, -0.2) is 13.1 Å². The Morgan fingerprint density at radius 2 is 2.08 bits per heavy atom. The summed E-state index contributed by atoms with van der Waals surface area (Å²) in [6.07, 6.45) is 0.128. The van der Waals surface area contributed by atoms with Crippen LogP contribution in [0.3, 0.4) is 0 Å². The average molecular weight is 207 g/mol. The molecule has 0 aromatic rings. The van der Waals surface area contributed by atoms with E-state index in [0.717, 1.165) is 0 Å². The quantitative estimate of drug-likeness (QED) is 0.689. The Kier molecular flexibility index (Phi) is 2.71. The zero-order valence-corrected chi connectivity index (χ0v) is 9.06. The van der Waals surface area contributed by atoms with Gasteiger partial charge in [-0.05, 0) is 13.3 Å². The van der Waals surface area contributed by atoms with Crippen LogP contribution in [-0.2, 0) is 10.0 Å². The van der Waals surface area contributed by atoms with Crippen molar-refractivity contribution in [2.75, 3.05) is 5.75 Å². The second-order valence-corrected chi connectivity index (χ2v) is 6.19. The van der Waals surface area contributed by atoms with Gasteiger partial charge >= 0.3 is 0 Å². The minimum atomic E-state index is -3.14. The highest BCUT2D eigenvalue weighted by molar-refractivity contribution is 7.89. The zero-order valence-electron chi connectivity index (χ0n) is 8.24. The number of nitrogens with one attached hydrogen (secondary N) is 1. The molecule has 2 unspecified atom stereocenters. The highest BCUT2D eigenvalue weighted by atomic mass is 32.2. The van der Waals surface area contributed by atoms with E-state index in [9.17, 15) is 13.5 Å². The van der Waals surface area contributed by atoms with Crippen LogP contribution >= 0.6 is 0 Å². The fraction of sp³-hybridized carbons (Fsp3) is 1.00. The number of rotatable bonds is 3. The van der Waals surface area contributed by atoms with E-state index in [0.29, 0.717) is 6.42 Å². The summed E-state index contributed by atoms with van der Waals surface area (Å²) in [5.41, 5.74) is -0.331. The molecule has 2 atom stereocenters. The summed E-state index contributed by atoms with van der Waals surface area (Å²) < 4.78 is 25.0. The largest absolute Gasteiger partial charge is 0.392 e. The van der Waals surface area contributed by atoms with E-state index < -0.39 is 16.1 Å². The van der Waals surface area contributed by atoms with Crippen LogP contribution in [0.4, 0.5) is 0 Å². The topological polar surface area (TPSA) is 66.4 Å². The van der Waals surface area contributed by atoms with Crippen LogP contribution in [0.15, 0.2) is 0 Å². The summed E-state index contributed by atoms with van der Waals surface area (Å²) in [5.74, 6) is 0.0929. The molecule has 0 bridgehead atoms. The van der Waals surface area contributed by atoms with Crippen molar-refractivity contribution in [3.63, 3.8) is 0 Å². The third kappa shape index (κ3) is 2.03. The maximum absolute atomic E-state index is 11.2.